The highest BCUT2D eigenvalue weighted by molar-refractivity contribution is 5.68. The van der Waals surface area contributed by atoms with Crippen molar-refractivity contribution in [1.82, 2.24) is 10.2 Å². The molecule has 1 amide bonds. The minimum absolute atomic E-state index is 0.172. The van der Waals surface area contributed by atoms with Crippen LogP contribution < -0.4 is 5.32 Å². The van der Waals surface area contributed by atoms with Crippen LogP contribution in [0.25, 0.3) is 0 Å². The molecule has 2 heterocycles. The Bertz CT molecular complexity index is 335. The summed E-state index contributed by atoms with van der Waals surface area (Å²) < 4.78 is 10.8. The second-order valence-electron chi connectivity index (χ2n) is 7.30. The predicted molar refractivity (Wildman–Crippen MR) is 82.3 cm³/mol. The fourth-order valence-electron chi connectivity index (χ4n) is 2.93. The third kappa shape index (κ3) is 5.83. The Morgan fingerprint density at radius 2 is 1.86 bits per heavy atom. The van der Waals surface area contributed by atoms with E-state index in [2.05, 4.69) is 5.32 Å². The van der Waals surface area contributed by atoms with Crippen LogP contribution in [-0.4, -0.2) is 56.0 Å². The highest BCUT2D eigenvalue weighted by atomic mass is 16.6. The number of hydrogen-bond donors (Lipinski definition) is 1. The molecule has 0 radical (unpaired) electrons. The second-order valence-corrected chi connectivity index (χ2v) is 7.30. The van der Waals surface area contributed by atoms with Gasteiger partial charge in [0, 0.05) is 26.3 Å². The molecule has 5 nitrogen and oxygen atoms in total. The summed E-state index contributed by atoms with van der Waals surface area (Å²) in [6.07, 6.45) is 3.23. The molecule has 1 unspecified atom stereocenters. The molecule has 0 aliphatic carbocycles. The SMILES string of the molecule is CC(C)(C)OC(=O)N1CCC(CNCC2CCOCC2)C1. The van der Waals surface area contributed by atoms with Gasteiger partial charge in [0.2, 0.25) is 0 Å². The summed E-state index contributed by atoms with van der Waals surface area (Å²) in [5.74, 6) is 1.31. The molecule has 122 valence electrons. The number of carbonyl (C=O) groups excluding carboxylic acids is 1. The summed E-state index contributed by atoms with van der Waals surface area (Å²) in [6, 6.07) is 0. The van der Waals surface area contributed by atoms with Gasteiger partial charge in [-0.05, 0) is 65.0 Å². The molecule has 0 saturated carbocycles. The second kappa shape index (κ2) is 7.45. The number of ether oxygens (including phenoxy) is 2. The van der Waals surface area contributed by atoms with Crippen LogP contribution in [0.3, 0.4) is 0 Å². The normalized spacial score (nSPS) is 24.3. The van der Waals surface area contributed by atoms with E-state index in [4.69, 9.17) is 9.47 Å². The van der Waals surface area contributed by atoms with Gasteiger partial charge in [0.15, 0.2) is 0 Å². The first-order valence-electron chi connectivity index (χ1n) is 8.20. The van der Waals surface area contributed by atoms with Crippen molar-refractivity contribution in [3.63, 3.8) is 0 Å². The van der Waals surface area contributed by atoms with Gasteiger partial charge in [-0.2, -0.15) is 0 Å². The molecule has 1 N–H and O–H groups in total. The largest absolute Gasteiger partial charge is 0.444 e. The summed E-state index contributed by atoms with van der Waals surface area (Å²) in [5.41, 5.74) is -0.406. The van der Waals surface area contributed by atoms with E-state index in [9.17, 15) is 4.79 Å². The minimum atomic E-state index is -0.406. The van der Waals surface area contributed by atoms with Crippen molar-refractivity contribution in [3.8, 4) is 0 Å². The maximum absolute atomic E-state index is 12.0. The molecule has 0 aromatic carbocycles. The van der Waals surface area contributed by atoms with E-state index < -0.39 is 5.60 Å². The zero-order valence-corrected chi connectivity index (χ0v) is 13.7. The summed E-state index contributed by atoms with van der Waals surface area (Å²) in [4.78, 5) is 13.8. The molecule has 5 heteroatoms. The van der Waals surface area contributed by atoms with E-state index in [1.54, 1.807) is 0 Å². The molecule has 2 rings (SSSR count). The zero-order chi connectivity index (χ0) is 15.3. The van der Waals surface area contributed by atoms with Crippen molar-refractivity contribution in [2.24, 2.45) is 11.8 Å². The van der Waals surface area contributed by atoms with Gasteiger partial charge in [-0.3, -0.25) is 0 Å². The van der Waals surface area contributed by atoms with Crippen LogP contribution in [0.15, 0.2) is 0 Å². The maximum Gasteiger partial charge on any atom is 0.410 e. The molecule has 0 aromatic heterocycles. The van der Waals surface area contributed by atoms with Gasteiger partial charge in [0.25, 0.3) is 0 Å². The quantitative estimate of drug-likeness (QED) is 0.865. The molecular formula is C16H30N2O3. The lowest BCUT2D eigenvalue weighted by Crippen LogP contribution is -2.36. The van der Waals surface area contributed by atoms with Crippen LogP contribution in [-0.2, 0) is 9.47 Å². The topological polar surface area (TPSA) is 50.8 Å². The number of hydrogen-bond acceptors (Lipinski definition) is 4. The fourth-order valence-corrected chi connectivity index (χ4v) is 2.93. The molecule has 2 aliphatic rings. The number of likely N-dealkylation sites (tertiary alicyclic amines) is 1. The summed E-state index contributed by atoms with van der Waals surface area (Å²) in [6.45, 7) is 11.2. The molecule has 2 saturated heterocycles. The molecule has 21 heavy (non-hydrogen) atoms. The molecule has 2 aliphatic heterocycles. The lowest BCUT2D eigenvalue weighted by molar-refractivity contribution is 0.0288. The zero-order valence-electron chi connectivity index (χ0n) is 13.7. The summed E-state index contributed by atoms with van der Waals surface area (Å²) in [5, 5.41) is 3.57. The average molecular weight is 298 g/mol. The van der Waals surface area contributed by atoms with Gasteiger partial charge in [0.05, 0.1) is 0 Å². The smallest absolute Gasteiger partial charge is 0.410 e. The van der Waals surface area contributed by atoms with Gasteiger partial charge < -0.3 is 19.7 Å². The number of rotatable bonds is 4. The number of nitrogens with one attached hydrogen (secondary N) is 1. The van der Waals surface area contributed by atoms with Crippen molar-refractivity contribution in [1.29, 1.82) is 0 Å². The van der Waals surface area contributed by atoms with E-state index in [-0.39, 0.29) is 6.09 Å². The van der Waals surface area contributed by atoms with Crippen LogP contribution >= 0.6 is 0 Å². The van der Waals surface area contributed by atoms with E-state index in [0.29, 0.717) is 5.92 Å². The monoisotopic (exact) mass is 298 g/mol. The van der Waals surface area contributed by atoms with E-state index >= 15 is 0 Å². The van der Waals surface area contributed by atoms with Crippen LogP contribution in [0.4, 0.5) is 4.79 Å². The van der Waals surface area contributed by atoms with Crippen molar-refractivity contribution in [3.05, 3.63) is 0 Å². The molecular weight excluding hydrogens is 268 g/mol. The van der Waals surface area contributed by atoms with Crippen LogP contribution in [0.5, 0.6) is 0 Å². The van der Waals surface area contributed by atoms with E-state index in [0.717, 1.165) is 51.7 Å². The van der Waals surface area contributed by atoms with Crippen molar-refractivity contribution in [2.45, 2.75) is 45.6 Å². The molecule has 0 aromatic rings. The summed E-state index contributed by atoms with van der Waals surface area (Å²) >= 11 is 0. The third-order valence-electron chi connectivity index (χ3n) is 4.14. The Morgan fingerprint density at radius 3 is 2.52 bits per heavy atom. The highest BCUT2D eigenvalue weighted by Gasteiger charge is 2.29. The third-order valence-corrected chi connectivity index (χ3v) is 4.14. The highest BCUT2D eigenvalue weighted by Crippen LogP contribution is 2.19. The molecule has 0 bridgehead atoms. The first-order valence-corrected chi connectivity index (χ1v) is 8.20. The predicted octanol–water partition coefficient (Wildman–Crippen LogP) is 2.26. The molecule has 0 spiro atoms. The van der Waals surface area contributed by atoms with Gasteiger partial charge in [0.1, 0.15) is 5.60 Å². The van der Waals surface area contributed by atoms with E-state index in [1.807, 2.05) is 25.7 Å². The van der Waals surface area contributed by atoms with Gasteiger partial charge in [-0.15, -0.1) is 0 Å². The Hall–Kier alpha value is -0.810. The first kappa shape index (κ1) is 16.6. The maximum atomic E-state index is 12.0. The lowest BCUT2D eigenvalue weighted by atomic mass is 10.00. The van der Waals surface area contributed by atoms with Crippen molar-refractivity contribution < 1.29 is 14.3 Å². The van der Waals surface area contributed by atoms with E-state index in [1.165, 1.54) is 12.8 Å². The van der Waals surface area contributed by atoms with Gasteiger partial charge >= 0.3 is 6.09 Å². The Morgan fingerprint density at radius 1 is 1.19 bits per heavy atom. The van der Waals surface area contributed by atoms with Crippen LogP contribution in [0.1, 0.15) is 40.0 Å². The van der Waals surface area contributed by atoms with Crippen molar-refractivity contribution in [2.75, 3.05) is 39.4 Å². The molecule has 2 fully saturated rings. The van der Waals surface area contributed by atoms with Gasteiger partial charge in [-0.1, -0.05) is 0 Å². The van der Waals surface area contributed by atoms with Crippen LogP contribution in [0.2, 0.25) is 0 Å². The minimum Gasteiger partial charge on any atom is -0.444 e. The standard InChI is InChI=1S/C16H30N2O3/c1-16(2,3)21-15(19)18-7-4-14(12-18)11-17-10-13-5-8-20-9-6-13/h13-14,17H,4-12H2,1-3H3. The Balaban J connectivity index is 1.62. The Kier molecular flexibility index (Phi) is 5.88. The first-order chi connectivity index (χ1) is 9.94. The average Bonchev–Trinajstić information content (AvgIpc) is 2.87. The Labute approximate surface area is 128 Å². The number of carbonyl (C=O) groups is 1. The van der Waals surface area contributed by atoms with Crippen molar-refractivity contribution >= 4 is 6.09 Å². The van der Waals surface area contributed by atoms with Gasteiger partial charge in [-0.25, -0.2) is 4.79 Å². The van der Waals surface area contributed by atoms with Crippen LogP contribution in [0, 0.1) is 11.8 Å². The fraction of sp³-hybridized carbons (Fsp3) is 0.938. The summed E-state index contributed by atoms with van der Waals surface area (Å²) in [7, 11) is 0. The molecule has 1 atom stereocenters. The number of amides is 1. The lowest BCUT2D eigenvalue weighted by Gasteiger charge is -2.25. The number of nitrogens with zero attached hydrogens (tertiary/aromatic N) is 1.